The maximum absolute atomic E-state index is 13.2. The summed E-state index contributed by atoms with van der Waals surface area (Å²) in [7, 11) is 1.58. The number of nitrogens with one attached hydrogen (secondary N) is 1. The van der Waals surface area contributed by atoms with Gasteiger partial charge in [0.15, 0.2) is 0 Å². The second-order valence-corrected chi connectivity index (χ2v) is 8.53. The van der Waals surface area contributed by atoms with Gasteiger partial charge in [-0.15, -0.1) is 13.2 Å². The van der Waals surface area contributed by atoms with E-state index in [2.05, 4.69) is 10.1 Å². The van der Waals surface area contributed by atoms with Gasteiger partial charge in [0.1, 0.15) is 11.5 Å². The van der Waals surface area contributed by atoms with Gasteiger partial charge in [-0.25, -0.2) is 4.79 Å². The van der Waals surface area contributed by atoms with Gasteiger partial charge >= 0.3 is 12.4 Å². The highest BCUT2D eigenvalue weighted by Crippen LogP contribution is 2.27. The number of amides is 3. The van der Waals surface area contributed by atoms with Crippen LogP contribution in [-0.2, 0) is 17.8 Å². The predicted molar refractivity (Wildman–Crippen MR) is 133 cm³/mol. The molecule has 0 bridgehead atoms. The number of alkyl halides is 3. The van der Waals surface area contributed by atoms with Crippen molar-refractivity contribution in [1.29, 1.82) is 0 Å². The first kappa shape index (κ1) is 25.9. The molecule has 1 aliphatic rings. The molecule has 194 valence electrons. The van der Waals surface area contributed by atoms with Gasteiger partial charge in [0, 0.05) is 31.0 Å². The van der Waals surface area contributed by atoms with Crippen LogP contribution in [0.2, 0.25) is 0 Å². The van der Waals surface area contributed by atoms with Crippen LogP contribution in [0.4, 0.5) is 29.3 Å². The van der Waals surface area contributed by atoms with E-state index < -0.39 is 6.36 Å². The third-order valence-corrected chi connectivity index (χ3v) is 5.78. The topological polar surface area (TPSA) is 71.1 Å². The fourth-order valence-electron chi connectivity index (χ4n) is 4.11. The Hall–Kier alpha value is -4.21. The molecule has 10 heteroatoms. The predicted octanol–water partition coefficient (Wildman–Crippen LogP) is 5.61. The van der Waals surface area contributed by atoms with E-state index >= 15 is 0 Å². The Labute approximate surface area is 212 Å². The molecular weight excluding hydrogens is 487 g/mol. The van der Waals surface area contributed by atoms with Crippen molar-refractivity contribution in [2.45, 2.75) is 25.7 Å². The van der Waals surface area contributed by atoms with Gasteiger partial charge in [0.25, 0.3) is 0 Å². The number of rotatable bonds is 8. The Kier molecular flexibility index (Phi) is 7.86. The van der Waals surface area contributed by atoms with Crippen LogP contribution in [0.5, 0.6) is 11.5 Å². The zero-order valence-electron chi connectivity index (χ0n) is 20.1. The number of ether oxygens (including phenoxy) is 2. The molecule has 1 aliphatic heterocycles. The normalized spacial score (nSPS) is 13.9. The summed E-state index contributed by atoms with van der Waals surface area (Å²) in [5, 5.41) is 2.86. The summed E-state index contributed by atoms with van der Waals surface area (Å²) in [6.07, 6.45) is -3.92. The monoisotopic (exact) mass is 513 g/mol. The summed E-state index contributed by atoms with van der Waals surface area (Å²) in [5.74, 6) is 0.179. The van der Waals surface area contributed by atoms with Gasteiger partial charge in [0.2, 0.25) is 5.91 Å². The Morgan fingerprint density at radius 1 is 0.946 bits per heavy atom. The van der Waals surface area contributed by atoms with Crippen molar-refractivity contribution in [2.75, 3.05) is 30.4 Å². The Morgan fingerprint density at radius 3 is 2.43 bits per heavy atom. The van der Waals surface area contributed by atoms with E-state index in [1.54, 1.807) is 59.4 Å². The Morgan fingerprint density at radius 2 is 1.70 bits per heavy atom. The third kappa shape index (κ3) is 7.16. The van der Waals surface area contributed by atoms with Gasteiger partial charge in [-0.2, -0.15) is 0 Å². The van der Waals surface area contributed by atoms with Gasteiger partial charge in [-0.1, -0.05) is 30.3 Å². The van der Waals surface area contributed by atoms with Crippen LogP contribution >= 0.6 is 0 Å². The highest BCUT2D eigenvalue weighted by atomic mass is 19.4. The summed E-state index contributed by atoms with van der Waals surface area (Å²) in [5.41, 5.74) is 2.53. The first-order chi connectivity index (χ1) is 17.7. The molecule has 0 unspecified atom stereocenters. The lowest BCUT2D eigenvalue weighted by atomic mass is 10.1. The van der Waals surface area contributed by atoms with Crippen LogP contribution in [0.3, 0.4) is 0 Å². The highest BCUT2D eigenvalue weighted by Gasteiger charge is 2.31. The third-order valence-electron chi connectivity index (χ3n) is 5.78. The van der Waals surface area contributed by atoms with Crippen LogP contribution in [0.1, 0.15) is 17.5 Å². The number of hydrogen-bond donors (Lipinski definition) is 1. The minimum absolute atomic E-state index is 0.142. The van der Waals surface area contributed by atoms with E-state index in [9.17, 15) is 22.8 Å². The first-order valence-corrected chi connectivity index (χ1v) is 11.6. The number of methoxy groups -OCH3 is 1. The maximum Gasteiger partial charge on any atom is 0.573 e. The quantitative estimate of drug-likeness (QED) is 0.425. The number of carbonyl (C=O) groups excluding carboxylic acids is 2. The van der Waals surface area contributed by atoms with Crippen LogP contribution in [0.15, 0.2) is 72.8 Å². The van der Waals surface area contributed by atoms with Crippen molar-refractivity contribution in [2.24, 2.45) is 0 Å². The molecule has 1 heterocycles. The van der Waals surface area contributed by atoms with Crippen molar-refractivity contribution in [3.8, 4) is 11.5 Å². The second kappa shape index (κ2) is 11.2. The standard InChI is InChI=1S/C27H26F3N3O4/c1-36-23-11-9-19(10-12-23)16-25(34)31-21-6-3-7-22(17-21)33-14-4-13-32(26(33)35)18-20-5-2-8-24(15-20)37-27(28,29)30/h2-3,5-12,15,17H,4,13-14,16,18H2,1H3,(H,31,34). The summed E-state index contributed by atoms with van der Waals surface area (Å²) in [6, 6.07) is 19.5. The van der Waals surface area contributed by atoms with E-state index in [4.69, 9.17) is 4.74 Å². The SMILES string of the molecule is COc1ccc(CC(=O)Nc2cccc(N3CCCN(Cc4cccc(OC(F)(F)F)c4)C3=O)c2)cc1. The molecule has 1 saturated heterocycles. The molecule has 4 rings (SSSR count). The average Bonchev–Trinajstić information content (AvgIpc) is 2.85. The number of urea groups is 1. The molecule has 0 spiro atoms. The molecule has 3 aromatic carbocycles. The molecular formula is C27H26F3N3O4. The van der Waals surface area contributed by atoms with Crippen LogP contribution in [0, 0.1) is 0 Å². The fourth-order valence-corrected chi connectivity index (χ4v) is 4.11. The lowest BCUT2D eigenvalue weighted by Gasteiger charge is -2.36. The molecule has 0 atom stereocenters. The second-order valence-electron chi connectivity index (χ2n) is 8.53. The molecule has 1 N–H and O–H groups in total. The Bertz CT molecular complexity index is 1250. The molecule has 3 aromatic rings. The highest BCUT2D eigenvalue weighted by molar-refractivity contribution is 5.95. The van der Waals surface area contributed by atoms with Crippen LogP contribution in [0.25, 0.3) is 0 Å². The zero-order chi connectivity index (χ0) is 26.4. The number of halogens is 3. The molecule has 37 heavy (non-hydrogen) atoms. The largest absolute Gasteiger partial charge is 0.573 e. The number of hydrogen-bond acceptors (Lipinski definition) is 4. The molecule has 0 aromatic heterocycles. The molecule has 7 nitrogen and oxygen atoms in total. The minimum atomic E-state index is -4.79. The van der Waals surface area contributed by atoms with E-state index in [1.807, 2.05) is 12.1 Å². The summed E-state index contributed by atoms with van der Waals surface area (Å²) in [6.45, 7) is 1.09. The maximum atomic E-state index is 13.2. The lowest BCUT2D eigenvalue weighted by molar-refractivity contribution is -0.274. The molecule has 0 aliphatic carbocycles. The van der Waals surface area contributed by atoms with E-state index in [1.165, 1.54) is 18.2 Å². The van der Waals surface area contributed by atoms with Gasteiger partial charge in [-0.3, -0.25) is 9.69 Å². The van der Waals surface area contributed by atoms with Gasteiger partial charge in [-0.05, 0) is 60.0 Å². The molecule has 3 amide bonds. The number of carbonyl (C=O) groups is 2. The summed E-state index contributed by atoms with van der Waals surface area (Å²) >= 11 is 0. The molecule has 0 saturated carbocycles. The number of benzene rings is 3. The zero-order valence-corrected chi connectivity index (χ0v) is 20.1. The van der Waals surface area contributed by atoms with E-state index in [0.29, 0.717) is 42.2 Å². The fraction of sp³-hybridized carbons (Fsp3) is 0.259. The summed E-state index contributed by atoms with van der Waals surface area (Å²) in [4.78, 5) is 28.9. The van der Waals surface area contributed by atoms with Crippen molar-refractivity contribution in [3.63, 3.8) is 0 Å². The Balaban J connectivity index is 1.40. The van der Waals surface area contributed by atoms with Gasteiger partial charge < -0.3 is 19.7 Å². The lowest BCUT2D eigenvalue weighted by Crippen LogP contribution is -2.49. The van der Waals surface area contributed by atoms with Crippen molar-refractivity contribution >= 4 is 23.3 Å². The van der Waals surface area contributed by atoms with E-state index in [0.717, 1.165) is 5.56 Å². The van der Waals surface area contributed by atoms with Gasteiger partial charge in [0.05, 0.1) is 13.5 Å². The molecule has 1 fully saturated rings. The minimum Gasteiger partial charge on any atom is -0.497 e. The number of anilines is 2. The first-order valence-electron chi connectivity index (χ1n) is 11.6. The smallest absolute Gasteiger partial charge is 0.497 e. The summed E-state index contributed by atoms with van der Waals surface area (Å²) < 4.78 is 46.8. The van der Waals surface area contributed by atoms with Crippen molar-refractivity contribution in [3.05, 3.63) is 83.9 Å². The van der Waals surface area contributed by atoms with Crippen molar-refractivity contribution in [1.82, 2.24) is 4.90 Å². The van der Waals surface area contributed by atoms with Crippen LogP contribution in [-0.4, -0.2) is 43.4 Å². The number of nitrogens with zero attached hydrogens (tertiary/aromatic N) is 2. The van der Waals surface area contributed by atoms with E-state index in [-0.39, 0.29) is 30.7 Å². The van der Waals surface area contributed by atoms with Crippen LogP contribution < -0.4 is 19.7 Å². The average molecular weight is 514 g/mol. The molecule has 0 radical (unpaired) electrons. The van der Waals surface area contributed by atoms with Crippen molar-refractivity contribution < 1.29 is 32.2 Å².